The van der Waals surface area contributed by atoms with E-state index in [0.29, 0.717) is 12.5 Å². The van der Waals surface area contributed by atoms with Gasteiger partial charge in [-0.15, -0.1) is 0 Å². The summed E-state index contributed by atoms with van der Waals surface area (Å²) in [5.74, 6) is 1.22. The highest BCUT2D eigenvalue weighted by molar-refractivity contribution is 5.15. The van der Waals surface area contributed by atoms with E-state index in [1.165, 1.54) is 5.56 Å². The van der Waals surface area contributed by atoms with Crippen LogP contribution in [0.4, 0.5) is 0 Å². The molecule has 2 aromatic rings. The number of likely N-dealkylation sites (tertiary alicyclic amines) is 1. The lowest BCUT2D eigenvalue weighted by Crippen LogP contribution is -2.38. The fourth-order valence-electron chi connectivity index (χ4n) is 3.56. The number of ether oxygens (including phenoxy) is 1. The first kappa shape index (κ1) is 19.0. The van der Waals surface area contributed by atoms with Crippen LogP contribution in [0, 0.1) is 5.92 Å². The molecule has 26 heavy (non-hydrogen) atoms. The van der Waals surface area contributed by atoms with Crippen LogP contribution in [0.5, 0.6) is 0 Å². The van der Waals surface area contributed by atoms with Crippen molar-refractivity contribution in [3.8, 4) is 0 Å². The molecule has 0 amide bonds. The van der Waals surface area contributed by atoms with E-state index in [9.17, 15) is 5.11 Å². The van der Waals surface area contributed by atoms with Gasteiger partial charge in [-0.25, -0.2) is 9.97 Å². The topological polar surface area (TPSA) is 58.5 Å². The molecule has 2 heterocycles. The van der Waals surface area contributed by atoms with Crippen LogP contribution < -0.4 is 0 Å². The molecule has 0 radical (unpaired) electrons. The van der Waals surface area contributed by atoms with Gasteiger partial charge in [-0.3, -0.25) is 4.90 Å². The molecule has 0 saturated carbocycles. The number of methoxy groups -OCH3 is 1. The Balaban J connectivity index is 1.43. The minimum Gasteiger partial charge on any atom is -0.392 e. The van der Waals surface area contributed by atoms with E-state index in [2.05, 4.69) is 27.0 Å². The molecule has 1 aliphatic rings. The van der Waals surface area contributed by atoms with Crippen LogP contribution in [0.15, 0.2) is 42.7 Å². The van der Waals surface area contributed by atoms with Gasteiger partial charge in [0.05, 0.1) is 12.7 Å². The molecule has 0 spiro atoms. The SMILES string of the molecule is COCCc1ncc(CN2CCC([C@@H](O)Cc3ccccc3)CC2)cn1. The van der Waals surface area contributed by atoms with Crippen molar-refractivity contribution in [2.75, 3.05) is 26.8 Å². The number of rotatable bonds is 8. The number of hydrogen-bond donors (Lipinski definition) is 1. The summed E-state index contributed by atoms with van der Waals surface area (Å²) in [6.45, 7) is 3.56. The molecule has 1 aromatic carbocycles. The van der Waals surface area contributed by atoms with Crippen molar-refractivity contribution >= 4 is 0 Å². The molecule has 1 saturated heterocycles. The third-order valence-electron chi connectivity index (χ3n) is 5.16. The summed E-state index contributed by atoms with van der Waals surface area (Å²) in [5, 5.41) is 10.6. The number of benzene rings is 1. The Morgan fingerprint density at radius 3 is 2.46 bits per heavy atom. The lowest BCUT2D eigenvalue weighted by Gasteiger charge is -2.34. The molecule has 3 rings (SSSR count). The minimum atomic E-state index is -0.247. The van der Waals surface area contributed by atoms with Crippen LogP contribution in [0.1, 0.15) is 29.8 Å². The van der Waals surface area contributed by atoms with Crippen molar-refractivity contribution in [1.82, 2.24) is 14.9 Å². The molecule has 0 aliphatic carbocycles. The second-order valence-electron chi connectivity index (χ2n) is 7.12. The number of piperidine rings is 1. The van der Waals surface area contributed by atoms with E-state index in [-0.39, 0.29) is 6.10 Å². The highest BCUT2D eigenvalue weighted by Gasteiger charge is 2.25. The Hall–Kier alpha value is -1.82. The largest absolute Gasteiger partial charge is 0.392 e. The molecule has 1 N–H and O–H groups in total. The highest BCUT2D eigenvalue weighted by atomic mass is 16.5. The van der Waals surface area contributed by atoms with Gasteiger partial charge in [-0.1, -0.05) is 30.3 Å². The first-order valence-corrected chi connectivity index (χ1v) is 9.47. The van der Waals surface area contributed by atoms with E-state index >= 15 is 0 Å². The van der Waals surface area contributed by atoms with Gasteiger partial charge in [-0.2, -0.15) is 0 Å². The summed E-state index contributed by atoms with van der Waals surface area (Å²) >= 11 is 0. The first-order valence-electron chi connectivity index (χ1n) is 9.47. The average molecular weight is 355 g/mol. The summed E-state index contributed by atoms with van der Waals surface area (Å²) in [7, 11) is 1.69. The van der Waals surface area contributed by atoms with Gasteiger partial charge in [0.25, 0.3) is 0 Å². The van der Waals surface area contributed by atoms with Crippen molar-refractivity contribution in [3.63, 3.8) is 0 Å². The molecule has 1 aliphatic heterocycles. The molecule has 0 bridgehead atoms. The van der Waals surface area contributed by atoms with Crippen molar-refractivity contribution in [3.05, 3.63) is 59.7 Å². The summed E-state index contributed by atoms with van der Waals surface area (Å²) in [4.78, 5) is 11.3. The van der Waals surface area contributed by atoms with Crippen LogP contribution in [-0.2, 0) is 24.1 Å². The molecule has 1 fully saturated rings. The molecule has 5 heteroatoms. The Labute approximate surface area is 156 Å². The zero-order chi connectivity index (χ0) is 18.2. The molecular weight excluding hydrogens is 326 g/mol. The van der Waals surface area contributed by atoms with Crippen LogP contribution in [-0.4, -0.2) is 52.9 Å². The molecular formula is C21H29N3O2. The van der Waals surface area contributed by atoms with E-state index in [1.54, 1.807) is 7.11 Å². The van der Waals surface area contributed by atoms with Crippen molar-refractivity contribution < 1.29 is 9.84 Å². The van der Waals surface area contributed by atoms with Gasteiger partial charge in [0.1, 0.15) is 5.82 Å². The predicted molar refractivity (Wildman–Crippen MR) is 102 cm³/mol. The fraction of sp³-hybridized carbons (Fsp3) is 0.524. The number of aliphatic hydroxyl groups is 1. The Morgan fingerprint density at radius 2 is 1.81 bits per heavy atom. The van der Waals surface area contributed by atoms with Crippen molar-refractivity contribution in [2.45, 2.75) is 38.3 Å². The molecule has 1 atom stereocenters. The maximum Gasteiger partial charge on any atom is 0.130 e. The van der Waals surface area contributed by atoms with Gasteiger partial charge in [-0.05, 0) is 43.8 Å². The van der Waals surface area contributed by atoms with Crippen LogP contribution in [0.2, 0.25) is 0 Å². The third kappa shape index (κ3) is 5.59. The van der Waals surface area contributed by atoms with Crippen molar-refractivity contribution in [2.24, 2.45) is 5.92 Å². The summed E-state index contributed by atoms with van der Waals surface area (Å²) in [6, 6.07) is 10.3. The number of hydrogen-bond acceptors (Lipinski definition) is 5. The van der Waals surface area contributed by atoms with Gasteiger partial charge >= 0.3 is 0 Å². The van der Waals surface area contributed by atoms with Gasteiger partial charge < -0.3 is 9.84 Å². The van der Waals surface area contributed by atoms with Gasteiger partial charge in [0, 0.05) is 38.0 Å². The van der Waals surface area contributed by atoms with E-state index in [1.807, 2.05) is 30.6 Å². The monoisotopic (exact) mass is 355 g/mol. The predicted octanol–water partition coefficient (Wildman–Crippen LogP) is 2.48. The maximum absolute atomic E-state index is 10.6. The van der Waals surface area contributed by atoms with Crippen molar-refractivity contribution in [1.29, 1.82) is 0 Å². The van der Waals surface area contributed by atoms with Crippen LogP contribution in [0.3, 0.4) is 0 Å². The molecule has 140 valence electrons. The zero-order valence-corrected chi connectivity index (χ0v) is 15.6. The molecule has 0 unspecified atom stereocenters. The first-order chi connectivity index (χ1) is 12.7. The second-order valence-corrected chi connectivity index (χ2v) is 7.12. The standard InChI is InChI=1S/C21H29N3O2/c1-26-12-9-21-22-14-18(15-23-21)16-24-10-7-19(8-11-24)20(25)13-17-5-3-2-4-6-17/h2-6,14-15,19-20,25H,7-13,16H2,1H3/t20-/m0/s1. The fourth-order valence-corrected chi connectivity index (χ4v) is 3.56. The van der Waals surface area contributed by atoms with Gasteiger partial charge in [0.2, 0.25) is 0 Å². The quantitative estimate of drug-likeness (QED) is 0.788. The number of nitrogens with zero attached hydrogens (tertiary/aromatic N) is 3. The van der Waals surface area contributed by atoms with E-state index < -0.39 is 0 Å². The zero-order valence-electron chi connectivity index (χ0n) is 15.6. The van der Waals surface area contributed by atoms with Gasteiger partial charge in [0.15, 0.2) is 0 Å². The average Bonchev–Trinajstić information content (AvgIpc) is 2.69. The van der Waals surface area contributed by atoms with Crippen LogP contribution >= 0.6 is 0 Å². The van der Waals surface area contributed by atoms with Crippen LogP contribution in [0.25, 0.3) is 0 Å². The number of aromatic nitrogens is 2. The second kappa shape index (κ2) is 9.76. The lowest BCUT2D eigenvalue weighted by molar-refractivity contribution is 0.0576. The maximum atomic E-state index is 10.6. The Bertz CT molecular complexity index is 640. The Kier molecular flexibility index (Phi) is 7.12. The molecule has 5 nitrogen and oxygen atoms in total. The number of aliphatic hydroxyl groups excluding tert-OH is 1. The summed E-state index contributed by atoms with van der Waals surface area (Å²) in [6.07, 6.45) is 7.19. The highest BCUT2D eigenvalue weighted by Crippen LogP contribution is 2.24. The smallest absolute Gasteiger partial charge is 0.130 e. The van der Waals surface area contributed by atoms with E-state index in [0.717, 1.165) is 56.7 Å². The normalized spacial score (nSPS) is 17.3. The summed E-state index contributed by atoms with van der Waals surface area (Å²) < 4.78 is 5.06. The lowest BCUT2D eigenvalue weighted by atomic mass is 9.88. The summed E-state index contributed by atoms with van der Waals surface area (Å²) in [5.41, 5.74) is 2.36. The molecule has 1 aromatic heterocycles. The third-order valence-corrected chi connectivity index (χ3v) is 5.16. The minimum absolute atomic E-state index is 0.247. The van der Waals surface area contributed by atoms with E-state index in [4.69, 9.17) is 4.74 Å². The Morgan fingerprint density at radius 1 is 1.12 bits per heavy atom.